The van der Waals surface area contributed by atoms with Gasteiger partial charge in [-0.25, -0.2) is 0 Å². The molecule has 0 radical (unpaired) electrons. The normalized spacial score (nSPS) is 22.2. The van der Waals surface area contributed by atoms with Crippen molar-refractivity contribution in [3.8, 4) is 0 Å². The minimum atomic E-state index is -0.974. The van der Waals surface area contributed by atoms with E-state index in [4.69, 9.17) is 0 Å². The van der Waals surface area contributed by atoms with Gasteiger partial charge in [-0.1, -0.05) is 74.7 Å². The zero-order valence-corrected chi connectivity index (χ0v) is 17.6. The first kappa shape index (κ1) is 20.4. The van der Waals surface area contributed by atoms with Crippen molar-refractivity contribution in [3.05, 3.63) is 71.8 Å². The third-order valence-electron chi connectivity index (χ3n) is 6.36. The molecule has 1 atom stereocenters. The average molecular weight is 403 g/mol. The number of nitrogens with zero attached hydrogens (tertiary/aromatic N) is 1. The fraction of sp³-hybridized carbons (Fsp3) is 0.385. The van der Waals surface area contributed by atoms with Crippen molar-refractivity contribution in [3.63, 3.8) is 0 Å². The van der Waals surface area contributed by atoms with Gasteiger partial charge < -0.3 is 5.32 Å². The largest absolute Gasteiger partial charge is 0.351 e. The molecule has 4 heteroatoms. The van der Waals surface area contributed by atoms with E-state index < -0.39 is 5.54 Å². The van der Waals surface area contributed by atoms with Crippen molar-refractivity contribution in [1.29, 1.82) is 0 Å². The predicted molar refractivity (Wildman–Crippen MR) is 121 cm³/mol. The highest BCUT2D eigenvalue weighted by Crippen LogP contribution is 2.39. The van der Waals surface area contributed by atoms with Crippen LogP contribution in [-0.4, -0.2) is 23.4 Å². The summed E-state index contributed by atoms with van der Waals surface area (Å²) in [5.74, 6) is -0.0866. The van der Waals surface area contributed by atoms with Gasteiger partial charge in [0.15, 0.2) is 5.54 Å². The predicted octanol–water partition coefficient (Wildman–Crippen LogP) is 4.89. The van der Waals surface area contributed by atoms with Crippen molar-refractivity contribution in [1.82, 2.24) is 5.32 Å². The number of β-lactam (4-membered cyclic amide) rings is 1. The van der Waals surface area contributed by atoms with Gasteiger partial charge in [-0.05, 0) is 48.6 Å². The van der Waals surface area contributed by atoms with E-state index in [1.54, 1.807) is 4.90 Å². The van der Waals surface area contributed by atoms with Crippen LogP contribution in [0.5, 0.6) is 0 Å². The Morgan fingerprint density at radius 1 is 1.07 bits per heavy atom. The first-order valence-corrected chi connectivity index (χ1v) is 11.1. The number of aryl methyl sites for hydroxylation is 1. The second-order valence-corrected chi connectivity index (χ2v) is 8.40. The van der Waals surface area contributed by atoms with E-state index in [0.717, 1.165) is 43.4 Å². The summed E-state index contributed by atoms with van der Waals surface area (Å²) in [4.78, 5) is 27.9. The van der Waals surface area contributed by atoms with Gasteiger partial charge in [0.25, 0.3) is 5.91 Å². The van der Waals surface area contributed by atoms with Gasteiger partial charge in [0.2, 0.25) is 5.91 Å². The molecule has 1 saturated heterocycles. The highest BCUT2D eigenvalue weighted by molar-refractivity contribution is 6.15. The van der Waals surface area contributed by atoms with Gasteiger partial charge >= 0.3 is 0 Å². The maximum absolute atomic E-state index is 13.5. The van der Waals surface area contributed by atoms with Crippen LogP contribution in [-0.2, 0) is 16.0 Å². The molecule has 1 aliphatic carbocycles. The average Bonchev–Trinajstić information content (AvgIpc) is 2.78. The number of benzene rings is 2. The highest BCUT2D eigenvalue weighted by Gasteiger charge is 2.55. The standard InChI is InChI=1S/C26H30N2O2/c1-2-20-13-15-23(16-14-20)28-24(29)19-26(28,18-17-21-9-5-3-6-10-21)25(30)27-22-11-7-4-8-12-22/h3,5-6,9-10,13-18,22H,2,4,7-8,11-12,19H2,1H3,(H,27,30)/b18-17+/t26-/m0/s1. The molecule has 0 unspecified atom stereocenters. The Labute approximate surface area is 179 Å². The second kappa shape index (κ2) is 8.86. The molecule has 2 aromatic rings. The summed E-state index contributed by atoms with van der Waals surface area (Å²) in [5, 5.41) is 3.26. The number of nitrogens with one attached hydrogen (secondary N) is 1. The maximum atomic E-state index is 13.5. The number of hydrogen-bond acceptors (Lipinski definition) is 2. The van der Waals surface area contributed by atoms with Crippen molar-refractivity contribution < 1.29 is 9.59 Å². The van der Waals surface area contributed by atoms with E-state index in [0.29, 0.717) is 0 Å². The molecular formula is C26H30N2O2. The zero-order valence-electron chi connectivity index (χ0n) is 17.6. The summed E-state index contributed by atoms with van der Waals surface area (Å²) in [6.07, 6.45) is 10.6. The van der Waals surface area contributed by atoms with Gasteiger partial charge in [-0.15, -0.1) is 0 Å². The Balaban J connectivity index is 1.66. The second-order valence-electron chi connectivity index (χ2n) is 8.40. The number of rotatable bonds is 6. The van der Waals surface area contributed by atoms with Crippen LogP contribution in [0.3, 0.4) is 0 Å². The third-order valence-corrected chi connectivity index (χ3v) is 6.36. The van der Waals surface area contributed by atoms with Gasteiger partial charge in [0.1, 0.15) is 0 Å². The van der Waals surface area contributed by atoms with Crippen molar-refractivity contribution in [2.45, 2.75) is 63.5 Å². The monoisotopic (exact) mass is 402 g/mol. The smallest absolute Gasteiger partial charge is 0.251 e. The molecular weight excluding hydrogens is 372 g/mol. The van der Waals surface area contributed by atoms with Crippen LogP contribution in [0.1, 0.15) is 56.6 Å². The molecule has 4 nitrogen and oxygen atoms in total. The summed E-state index contributed by atoms with van der Waals surface area (Å²) >= 11 is 0. The van der Waals surface area contributed by atoms with E-state index in [1.807, 2.05) is 66.7 Å². The van der Waals surface area contributed by atoms with Crippen LogP contribution >= 0.6 is 0 Å². The van der Waals surface area contributed by atoms with E-state index in [9.17, 15) is 9.59 Å². The van der Waals surface area contributed by atoms with Crippen molar-refractivity contribution in [2.75, 3.05) is 4.90 Å². The molecule has 2 amide bonds. The van der Waals surface area contributed by atoms with E-state index >= 15 is 0 Å². The lowest BCUT2D eigenvalue weighted by Crippen LogP contribution is -2.70. The zero-order chi connectivity index (χ0) is 21.0. The summed E-state index contributed by atoms with van der Waals surface area (Å²) in [6.45, 7) is 2.11. The summed E-state index contributed by atoms with van der Waals surface area (Å²) < 4.78 is 0. The quantitative estimate of drug-likeness (QED) is 0.700. The Kier molecular flexibility index (Phi) is 6.03. The SMILES string of the molecule is CCc1ccc(N2C(=O)C[C@@]2(/C=C/c2ccccc2)C(=O)NC2CCCCC2)cc1. The summed E-state index contributed by atoms with van der Waals surface area (Å²) in [7, 11) is 0. The minimum Gasteiger partial charge on any atom is -0.351 e. The maximum Gasteiger partial charge on any atom is 0.251 e. The number of carbonyl (C=O) groups excluding carboxylic acids is 2. The first-order valence-electron chi connectivity index (χ1n) is 11.1. The minimum absolute atomic E-state index is 0.0178. The van der Waals surface area contributed by atoms with Gasteiger partial charge in [0, 0.05) is 11.7 Å². The Morgan fingerprint density at radius 3 is 2.40 bits per heavy atom. The fourth-order valence-corrected chi connectivity index (χ4v) is 4.52. The Bertz CT molecular complexity index is 914. The lowest BCUT2D eigenvalue weighted by molar-refractivity contribution is -0.137. The Morgan fingerprint density at radius 2 is 1.77 bits per heavy atom. The molecule has 0 spiro atoms. The number of anilines is 1. The molecule has 1 saturated carbocycles. The number of amides is 2. The number of hydrogen-bond donors (Lipinski definition) is 1. The molecule has 156 valence electrons. The third kappa shape index (κ3) is 4.04. The molecule has 1 N–H and O–H groups in total. The first-order chi connectivity index (χ1) is 14.6. The topological polar surface area (TPSA) is 49.4 Å². The van der Waals surface area contributed by atoms with Crippen LogP contribution < -0.4 is 10.2 Å². The molecule has 0 bridgehead atoms. The van der Waals surface area contributed by atoms with Crippen LogP contribution in [0.25, 0.3) is 6.08 Å². The van der Waals surface area contributed by atoms with Gasteiger partial charge in [-0.2, -0.15) is 0 Å². The van der Waals surface area contributed by atoms with Crippen molar-refractivity contribution >= 4 is 23.6 Å². The molecule has 1 heterocycles. The molecule has 30 heavy (non-hydrogen) atoms. The molecule has 1 aliphatic heterocycles. The lowest BCUT2D eigenvalue weighted by Gasteiger charge is -2.49. The van der Waals surface area contributed by atoms with Crippen LogP contribution in [0.15, 0.2) is 60.7 Å². The highest BCUT2D eigenvalue weighted by atomic mass is 16.2. The van der Waals surface area contributed by atoms with Crippen molar-refractivity contribution in [2.24, 2.45) is 0 Å². The Hall–Kier alpha value is -2.88. The van der Waals surface area contributed by atoms with Gasteiger partial charge in [0.05, 0.1) is 6.42 Å². The van der Waals surface area contributed by atoms with Crippen LogP contribution in [0.4, 0.5) is 5.69 Å². The molecule has 2 aliphatic rings. The van der Waals surface area contributed by atoms with E-state index in [-0.39, 0.29) is 24.3 Å². The molecule has 2 fully saturated rings. The van der Waals surface area contributed by atoms with E-state index in [1.165, 1.54) is 12.0 Å². The molecule has 0 aromatic heterocycles. The summed E-state index contributed by atoms with van der Waals surface area (Å²) in [5.41, 5.74) is 2.03. The van der Waals surface area contributed by atoms with Crippen LogP contribution in [0, 0.1) is 0 Å². The van der Waals surface area contributed by atoms with E-state index in [2.05, 4.69) is 12.2 Å². The van der Waals surface area contributed by atoms with Crippen LogP contribution in [0.2, 0.25) is 0 Å². The number of carbonyl (C=O) groups is 2. The van der Waals surface area contributed by atoms with Gasteiger partial charge in [-0.3, -0.25) is 14.5 Å². The summed E-state index contributed by atoms with van der Waals surface area (Å²) in [6, 6.07) is 18.1. The molecule has 2 aromatic carbocycles. The lowest BCUT2D eigenvalue weighted by atomic mass is 9.80. The molecule has 4 rings (SSSR count). The fourth-order valence-electron chi connectivity index (χ4n) is 4.52.